The zero-order valence-electron chi connectivity index (χ0n) is 22.6. The van der Waals surface area contributed by atoms with Crippen molar-refractivity contribution in [3.8, 4) is 0 Å². The molecule has 0 aliphatic heterocycles. The van der Waals surface area contributed by atoms with Gasteiger partial charge in [-0.25, -0.2) is 8.42 Å². The highest BCUT2D eigenvalue weighted by molar-refractivity contribution is 7.92. The predicted octanol–water partition coefficient (Wildman–Crippen LogP) is 5.49. The summed E-state index contributed by atoms with van der Waals surface area (Å²) < 4.78 is 26.4. The molecule has 0 saturated heterocycles. The fourth-order valence-electron chi connectivity index (χ4n) is 4.01. The maximum atomic E-state index is 13.4. The molecule has 0 aromatic heterocycles. The van der Waals surface area contributed by atoms with Gasteiger partial charge in [0, 0.05) is 40.7 Å². The third-order valence-corrected chi connectivity index (χ3v) is 7.60. The number of benzene rings is 2. The summed E-state index contributed by atoms with van der Waals surface area (Å²) >= 11 is 12.7. The van der Waals surface area contributed by atoms with Crippen molar-refractivity contribution in [1.29, 1.82) is 0 Å². The number of nitrogens with one attached hydrogen (secondary N) is 1. The molecule has 0 saturated carbocycles. The van der Waals surface area contributed by atoms with E-state index in [2.05, 4.69) is 5.32 Å². The Kier molecular flexibility index (Phi) is 10.5. The van der Waals surface area contributed by atoms with Crippen molar-refractivity contribution >= 4 is 50.7 Å². The smallest absolute Gasteiger partial charge is 0.242 e. The van der Waals surface area contributed by atoms with E-state index in [1.165, 1.54) is 9.21 Å². The normalized spacial score (nSPS) is 12.7. The number of carbonyl (C=O) groups excluding carboxylic acids is 2. The van der Waals surface area contributed by atoms with E-state index in [9.17, 15) is 18.0 Å². The standard InChI is InChI=1S/C27H37Cl2N3O4S/c1-18-14-19(2)16-21(15-18)32(37(7,35)36)13-9-12-25(33)31(20(3)26(34)30-27(4,5)6)17-22-23(28)10-8-11-24(22)29/h8,10-11,14-16,20H,9,12-13,17H2,1-7H3,(H,30,34)/t20-/m0/s1. The van der Waals surface area contributed by atoms with Crippen LogP contribution in [0.4, 0.5) is 5.69 Å². The number of anilines is 1. The van der Waals surface area contributed by atoms with Crippen molar-refractivity contribution < 1.29 is 18.0 Å². The fraction of sp³-hybridized carbons (Fsp3) is 0.481. The van der Waals surface area contributed by atoms with Crippen LogP contribution in [0.25, 0.3) is 0 Å². The molecule has 0 fully saturated rings. The second-order valence-corrected chi connectivity index (χ2v) is 13.1. The Balaban J connectivity index is 2.27. The maximum Gasteiger partial charge on any atom is 0.242 e. The average Bonchev–Trinajstić information content (AvgIpc) is 2.73. The molecule has 2 aromatic carbocycles. The highest BCUT2D eigenvalue weighted by Gasteiger charge is 2.29. The number of halogens is 2. The minimum absolute atomic E-state index is 0.0338. The summed E-state index contributed by atoms with van der Waals surface area (Å²) in [5.74, 6) is -0.613. The summed E-state index contributed by atoms with van der Waals surface area (Å²) in [6.45, 7) is 11.2. The van der Waals surface area contributed by atoms with E-state index in [1.54, 1.807) is 37.3 Å². The van der Waals surface area contributed by atoms with Gasteiger partial charge in [-0.2, -0.15) is 0 Å². The SMILES string of the molecule is Cc1cc(C)cc(N(CCCC(=O)N(Cc2c(Cl)cccc2Cl)[C@@H](C)C(=O)NC(C)(C)C)S(C)(=O)=O)c1. The van der Waals surface area contributed by atoms with Crippen LogP contribution in [-0.2, 0) is 26.2 Å². The van der Waals surface area contributed by atoms with Crippen molar-refractivity contribution in [2.75, 3.05) is 17.1 Å². The van der Waals surface area contributed by atoms with Crippen LogP contribution >= 0.6 is 23.2 Å². The van der Waals surface area contributed by atoms with Crippen molar-refractivity contribution in [3.05, 3.63) is 63.1 Å². The molecule has 0 bridgehead atoms. The summed E-state index contributed by atoms with van der Waals surface area (Å²) in [5.41, 5.74) is 2.51. The third-order valence-electron chi connectivity index (χ3n) is 5.70. The van der Waals surface area contributed by atoms with Crippen LogP contribution in [0.1, 0.15) is 57.2 Å². The molecule has 0 radical (unpaired) electrons. The van der Waals surface area contributed by atoms with Crippen LogP contribution in [0.3, 0.4) is 0 Å². The second-order valence-electron chi connectivity index (χ2n) is 10.4. The zero-order valence-corrected chi connectivity index (χ0v) is 24.9. The van der Waals surface area contributed by atoms with Crippen molar-refractivity contribution in [2.24, 2.45) is 0 Å². The minimum Gasteiger partial charge on any atom is -0.350 e. The fourth-order valence-corrected chi connectivity index (χ4v) is 5.48. The van der Waals surface area contributed by atoms with Gasteiger partial charge in [0.25, 0.3) is 0 Å². The number of carbonyl (C=O) groups is 2. The first-order valence-corrected chi connectivity index (χ1v) is 14.7. The van der Waals surface area contributed by atoms with Gasteiger partial charge in [0.15, 0.2) is 0 Å². The van der Waals surface area contributed by atoms with Crippen LogP contribution in [0.2, 0.25) is 10.0 Å². The van der Waals surface area contributed by atoms with Crippen LogP contribution < -0.4 is 9.62 Å². The molecular weight excluding hydrogens is 533 g/mol. The Labute approximate surface area is 231 Å². The van der Waals surface area contributed by atoms with Crippen molar-refractivity contribution in [1.82, 2.24) is 10.2 Å². The van der Waals surface area contributed by atoms with Crippen LogP contribution in [0, 0.1) is 13.8 Å². The molecule has 37 heavy (non-hydrogen) atoms. The molecule has 2 rings (SSSR count). The lowest BCUT2D eigenvalue weighted by molar-refractivity contribution is -0.141. The third kappa shape index (κ3) is 9.20. The zero-order chi connectivity index (χ0) is 28.1. The van der Waals surface area contributed by atoms with E-state index in [0.717, 1.165) is 17.4 Å². The average molecular weight is 571 g/mol. The minimum atomic E-state index is -3.57. The number of hydrogen-bond acceptors (Lipinski definition) is 4. The van der Waals surface area contributed by atoms with E-state index in [4.69, 9.17) is 23.2 Å². The van der Waals surface area contributed by atoms with Gasteiger partial charge in [-0.05, 0) is 83.4 Å². The summed E-state index contributed by atoms with van der Waals surface area (Å²) in [5, 5.41) is 3.70. The lowest BCUT2D eigenvalue weighted by Gasteiger charge is -2.32. The van der Waals surface area contributed by atoms with Crippen LogP contribution in [-0.4, -0.2) is 49.5 Å². The lowest BCUT2D eigenvalue weighted by atomic mass is 10.1. The number of nitrogens with zero attached hydrogens (tertiary/aromatic N) is 2. The van der Waals surface area contributed by atoms with Gasteiger partial charge in [-0.1, -0.05) is 35.3 Å². The number of rotatable bonds is 10. The Hall–Kier alpha value is -2.29. The van der Waals surface area contributed by atoms with Crippen LogP contribution in [0.5, 0.6) is 0 Å². The summed E-state index contributed by atoms with van der Waals surface area (Å²) in [4.78, 5) is 27.9. The molecule has 10 heteroatoms. The molecule has 1 N–H and O–H groups in total. The lowest BCUT2D eigenvalue weighted by Crippen LogP contribution is -2.52. The number of aryl methyl sites for hydroxylation is 2. The molecule has 2 amide bonds. The number of sulfonamides is 1. The van der Waals surface area contributed by atoms with E-state index in [-0.39, 0.29) is 37.7 Å². The van der Waals surface area contributed by atoms with Gasteiger partial charge in [-0.15, -0.1) is 0 Å². The van der Waals surface area contributed by atoms with Gasteiger partial charge in [0.1, 0.15) is 6.04 Å². The van der Waals surface area contributed by atoms with E-state index in [0.29, 0.717) is 21.3 Å². The van der Waals surface area contributed by atoms with E-state index >= 15 is 0 Å². The molecule has 7 nitrogen and oxygen atoms in total. The van der Waals surface area contributed by atoms with Crippen LogP contribution in [0.15, 0.2) is 36.4 Å². The van der Waals surface area contributed by atoms with Crippen molar-refractivity contribution in [2.45, 2.75) is 72.5 Å². The molecule has 1 atom stereocenters. The number of hydrogen-bond donors (Lipinski definition) is 1. The highest BCUT2D eigenvalue weighted by atomic mass is 35.5. The first-order valence-electron chi connectivity index (χ1n) is 12.1. The predicted molar refractivity (Wildman–Crippen MR) is 152 cm³/mol. The van der Waals surface area contributed by atoms with E-state index in [1.807, 2.05) is 40.7 Å². The van der Waals surface area contributed by atoms with Gasteiger partial charge < -0.3 is 10.2 Å². The Bertz CT molecular complexity index is 1200. The first kappa shape index (κ1) is 30.9. The Morgan fingerprint density at radius 2 is 1.57 bits per heavy atom. The van der Waals surface area contributed by atoms with Gasteiger partial charge in [-0.3, -0.25) is 13.9 Å². The van der Waals surface area contributed by atoms with Gasteiger partial charge in [0.05, 0.1) is 11.9 Å². The second kappa shape index (κ2) is 12.5. The molecule has 2 aromatic rings. The molecule has 0 spiro atoms. The summed E-state index contributed by atoms with van der Waals surface area (Å²) in [7, 11) is -3.57. The van der Waals surface area contributed by atoms with E-state index < -0.39 is 21.6 Å². The molecule has 0 aliphatic carbocycles. The quantitative estimate of drug-likeness (QED) is 0.410. The van der Waals surface area contributed by atoms with Crippen molar-refractivity contribution in [3.63, 3.8) is 0 Å². The largest absolute Gasteiger partial charge is 0.350 e. The molecular formula is C27H37Cl2N3O4S. The highest BCUT2D eigenvalue weighted by Crippen LogP contribution is 2.27. The molecule has 0 heterocycles. The Morgan fingerprint density at radius 1 is 1.03 bits per heavy atom. The molecule has 204 valence electrons. The molecule has 0 aliphatic rings. The molecule has 0 unspecified atom stereocenters. The Morgan fingerprint density at radius 3 is 2.05 bits per heavy atom. The maximum absolute atomic E-state index is 13.4. The monoisotopic (exact) mass is 569 g/mol. The summed E-state index contributed by atoms with van der Waals surface area (Å²) in [6.07, 6.45) is 1.45. The first-order chi connectivity index (χ1) is 17.0. The number of amides is 2. The summed E-state index contributed by atoms with van der Waals surface area (Å²) in [6, 6.07) is 9.85. The topological polar surface area (TPSA) is 86.8 Å². The van der Waals surface area contributed by atoms with Gasteiger partial charge >= 0.3 is 0 Å². The van der Waals surface area contributed by atoms with Gasteiger partial charge in [0.2, 0.25) is 21.8 Å².